The van der Waals surface area contributed by atoms with E-state index < -0.39 is 40.5 Å². The molecule has 12 heteroatoms. The molecular weight excluding hydrogens is 466 g/mol. The lowest BCUT2D eigenvalue weighted by Gasteiger charge is -2.11. The number of ether oxygens (including phenoxy) is 1. The first-order chi connectivity index (χ1) is 16.1. The van der Waals surface area contributed by atoms with Crippen molar-refractivity contribution in [3.8, 4) is 11.6 Å². The van der Waals surface area contributed by atoms with Crippen LogP contribution in [0.3, 0.4) is 0 Å². The fourth-order valence-electron chi connectivity index (χ4n) is 3.16. The number of fused-ring (bicyclic) bond motifs is 1. The Morgan fingerprint density at radius 3 is 2.41 bits per heavy atom. The lowest BCUT2D eigenvalue weighted by Crippen LogP contribution is -2.28. The van der Waals surface area contributed by atoms with Gasteiger partial charge in [-0.05, 0) is 24.1 Å². The molecule has 0 atom stereocenters. The van der Waals surface area contributed by atoms with E-state index in [0.717, 1.165) is 11.9 Å². The number of nitrogens with zero attached hydrogens (tertiary/aromatic N) is 3. The Balaban J connectivity index is 1.43. The molecule has 0 amide bonds. The van der Waals surface area contributed by atoms with Crippen molar-refractivity contribution in [3.63, 3.8) is 0 Å². The summed E-state index contributed by atoms with van der Waals surface area (Å²) >= 11 is 0. The summed E-state index contributed by atoms with van der Waals surface area (Å²) in [6.07, 6.45) is -2.53. The van der Waals surface area contributed by atoms with Crippen molar-refractivity contribution in [2.75, 3.05) is 11.9 Å². The lowest BCUT2D eigenvalue weighted by atomic mass is 10.1. The van der Waals surface area contributed by atoms with Crippen molar-refractivity contribution >= 4 is 16.7 Å². The highest BCUT2D eigenvalue weighted by atomic mass is 19.4. The van der Waals surface area contributed by atoms with Crippen LogP contribution in [-0.2, 0) is 12.6 Å². The minimum absolute atomic E-state index is 0.0783. The number of hydrogen-bond donors (Lipinski definition) is 1. The highest BCUT2D eigenvalue weighted by Gasteiger charge is 2.33. The van der Waals surface area contributed by atoms with Gasteiger partial charge in [-0.15, -0.1) is 4.73 Å². The first kappa shape index (κ1) is 23.1. The number of pyridine rings is 1. The maximum Gasteiger partial charge on any atom is 0.417 e. The molecule has 4 rings (SSSR count). The first-order valence-electron chi connectivity index (χ1n) is 9.73. The zero-order valence-electron chi connectivity index (χ0n) is 17.0. The molecule has 0 unspecified atom stereocenters. The summed E-state index contributed by atoms with van der Waals surface area (Å²) in [6.45, 7) is 0.206. The molecule has 0 aliphatic rings. The molecule has 0 bridgehead atoms. The average Bonchev–Trinajstić information content (AvgIpc) is 2.79. The van der Waals surface area contributed by atoms with Gasteiger partial charge in [-0.1, -0.05) is 12.1 Å². The molecule has 6 nitrogen and oxygen atoms in total. The number of nitrogens with one attached hydrogen (secondary N) is 1. The van der Waals surface area contributed by atoms with Crippen molar-refractivity contribution in [2.24, 2.45) is 0 Å². The fourth-order valence-corrected chi connectivity index (χ4v) is 3.16. The third-order valence-corrected chi connectivity index (χ3v) is 4.82. The van der Waals surface area contributed by atoms with E-state index >= 15 is 0 Å². The van der Waals surface area contributed by atoms with Gasteiger partial charge in [-0.2, -0.15) is 13.2 Å². The molecule has 2 aromatic heterocycles. The zero-order valence-corrected chi connectivity index (χ0v) is 17.0. The highest BCUT2D eigenvalue weighted by molar-refractivity contribution is 5.89. The summed E-state index contributed by atoms with van der Waals surface area (Å²) < 4.78 is 85.6. The SMILES string of the molecule is [O-][n+]1ccc(C(F)(F)F)cc1Oc1ccc(CCNc2ncnc3c(F)cc(F)c(F)c23)cc1. The maximum absolute atomic E-state index is 14.2. The van der Waals surface area contributed by atoms with Crippen LogP contribution in [-0.4, -0.2) is 16.5 Å². The molecule has 34 heavy (non-hydrogen) atoms. The summed E-state index contributed by atoms with van der Waals surface area (Å²) in [5, 5.41) is 14.1. The molecule has 1 N–H and O–H groups in total. The van der Waals surface area contributed by atoms with E-state index in [1.165, 1.54) is 12.1 Å². The van der Waals surface area contributed by atoms with Gasteiger partial charge < -0.3 is 15.3 Å². The summed E-state index contributed by atoms with van der Waals surface area (Å²) in [7, 11) is 0. The van der Waals surface area contributed by atoms with Crippen LogP contribution in [0.25, 0.3) is 10.9 Å². The molecule has 4 aromatic rings. The van der Waals surface area contributed by atoms with Crippen LogP contribution in [0.1, 0.15) is 11.1 Å². The second-order valence-corrected chi connectivity index (χ2v) is 7.10. The third kappa shape index (κ3) is 4.80. The van der Waals surface area contributed by atoms with Crippen LogP contribution in [0, 0.1) is 22.7 Å². The van der Waals surface area contributed by atoms with Crippen molar-refractivity contribution in [2.45, 2.75) is 12.6 Å². The number of benzene rings is 2. The van der Waals surface area contributed by atoms with Crippen LogP contribution < -0.4 is 14.8 Å². The molecule has 0 aliphatic heterocycles. The van der Waals surface area contributed by atoms with Crippen molar-refractivity contribution in [1.29, 1.82) is 0 Å². The summed E-state index contributed by atoms with van der Waals surface area (Å²) in [4.78, 5) is 7.49. The van der Waals surface area contributed by atoms with Crippen LogP contribution in [0.4, 0.5) is 32.2 Å². The molecule has 0 aliphatic carbocycles. The Hall–Kier alpha value is -4.09. The Morgan fingerprint density at radius 2 is 1.71 bits per heavy atom. The van der Waals surface area contributed by atoms with Crippen LogP contribution in [0.5, 0.6) is 11.6 Å². The van der Waals surface area contributed by atoms with Gasteiger partial charge in [0.15, 0.2) is 23.6 Å². The van der Waals surface area contributed by atoms with Crippen LogP contribution >= 0.6 is 0 Å². The predicted octanol–water partition coefficient (Wildman–Crippen LogP) is 5.15. The summed E-state index contributed by atoms with van der Waals surface area (Å²) in [5.41, 5.74) is -0.635. The Bertz CT molecular complexity index is 1350. The molecule has 0 radical (unpaired) electrons. The molecule has 2 aromatic carbocycles. The fraction of sp³-hybridized carbons (Fsp3) is 0.136. The molecule has 0 fully saturated rings. The largest absolute Gasteiger partial charge is 0.616 e. The molecule has 176 valence electrons. The first-order valence-corrected chi connectivity index (χ1v) is 9.73. The van der Waals surface area contributed by atoms with Gasteiger partial charge in [-0.25, -0.2) is 23.1 Å². The number of alkyl halides is 3. The Morgan fingerprint density at radius 1 is 0.971 bits per heavy atom. The van der Waals surface area contributed by atoms with Gasteiger partial charge in [0, 0.05) is 18.7 Å². The standard InChI is InChI=1S/C22H14F6N4O2/c23-15-10-16(24)20-18(19(15)25)21(31-11-30-20)29-7-5-12-1-3-14(4-2-12)34-17-9-13(22(26,27)28)6-8-32(17)33/h1-4,6,8-11H,5,7H2,(H,29,30,31). The number of hydrogen-bond acceptors (Lipinski definition) is 5. The van der Waals surface area contributed by atoms with Crippen molar-refractivity contribution in [1.82, 2.24) is 9.97 Å². The number of anilines is 1. The van der Waals surface area contributed by atoms with Gasteiger partial charge in [0.05, 0.1) is 17.0 Å². The van der Waals surface area contributed by atoms with Gasteiger partial charge in [-0.3, -0.25) is 0 Å². The van der Waals surface area contributed by atoms with Gasteiger partial charge in [0.1, 0.15) is 23.4 Å². The van der Waals surface area contributed by atoms with E-state index in [-0.39, 0.29) is 28.4 Å². The summed E-state index contributed by atoms with van der Waals surface area (Å²) in [6, 6.07) is 7.79. The minimum atomic E-state index is -4.63. The van der Waals surface area contributed by atoms with E-state index in [9.17, 15) is 31.5 Å². The highest BCUT2D eigenvalue weighted by Crippen LogP contribution is 2.31. The number of aromatic nitrogens is 3. The Kier molecular flexibility index (Phi) is 6.14. The predicted molar refractivity (Wildman–Crippen MR) is 109 cm³/mol. The smallest absolute Gasteiger partial charge is 0.417 e. The van der Waals surface area contributed by atoms with Gasteiger partial charge in [0.2, 0.25) is 0 Å². The molecule has 0 saturated heterocycles. The monoisotopic (exact) mass is 480 g/mol. The van der Waals surface area contributed by atoms with E-state index in [4.69, 9.17) is 4.74 Å². The Labute approximate surface area is 188 Å². The molecule has 0 spiro atoms. The van der Waals surface area contributed by atoms with Crippen LogP contribution in [0.15, 0.2) is 55.0 Å². The lowest BCUT2D eigenvalue weighted by molar-refractivity contribution is -0.611. The zero-order chi connectivity index (χ0) is 24.5. The second kappa shape index (κ2) is 9.04. The normalized spacial score (nSPS) is 11.6. The topological polar surface area (TPSA) is 74.0 Å². The third-order valence-electron chi connectivity index (χ3n) is 4.82. The molecular formula is C22H14F6N4O2. The van der Waals surface area contributed by atoms with E-state index in [0.29, 0.717) is 30.8 Å². The maximum atomic E-state index is 14.2. The van der Waals surface area contributed by atoms with Gasteiger partial charge >= 0.3 is 12.1 Å². The van der Waals surface area contributed by atoms with E-state index in [1.807, 2.05) is 0 Å². The van der Waals surface area contributed by atoms with Crippen molar-refractivity contribution < 1.29 is 35.8 Å². The van der Waals surface area contributed by atoms with Crippen LogP contribution in [0.2, 0.25) is 0 Å². The van der Waals surface area contributed by atoms with Crippen molar-refractivity contribution in [3.05, 3.63) is 88.8 Å². The quantitative estimate of drug-likeness (QED) is 0.179. The van der Waals surface area contributed by atoms with E-state index in [2.05, 4.69) is 15.3 Å². The van der Waals surface area contributed by atoms with E-state index in [1.54, 1.807) is 12.1 Å². The average molecular weight is 480 g/mol. The second-order valence-electron chi connectivity index (χ2n) is 7.10. The molecule has 2 heterocycles. The summed E-state index contributed by atoms with van der Waals surface area (Å²) in [5.74, 6) is -4.14. The number of halogens is 6. The van der Waals surface area contributed by atoms with Gasteiger partial charge in [0.25, 0.3) is 0 Å². The molecule has 0 saturated carbocycles. The minimum Gasteiger partial charge on any atom is -0.616 e. The number of rotatable bonds is 6.